The van der Waals surface area contributed by atoms with Crippen molar-refractivity contribution in [3.05, 3.63) is 29.8 Å². The van der Waals surface area contributed by atoms with Gasteiger partial charge in [-0.05, 0) is 37.0 Å². The van der Waals surface area contributed by atoms with E-state index in [0.717, 1.165) is 31.1 Å². The highest BCUT2D eigenvalue weighted by atomic mass is 16.5. The van der Waals surface area contributed by atoms with Crippen molar-refractivity contribution in [2.75, 3.05) is 47.0 Å². The molecule has 0 atom stereocenters. The molecule has 0 unspecified atom stereocenters. The van der Waals surface area contributed by atoms with Crippen molar-refractivity contribution in [1.29, 1.82) is 0 Å². The molecule has 1 aromatic rings. The Hall–Kier alpha value is -2.28. The van der Waals surface area contributed by atoms with E-state index in [2.05, 4.69) is 29.5 Å². The van der Waals surface area contributed by atoms with Crippen LogP contribution in [0.25, 0.3) is 0 Å². The summed E-state index contributed by atoms with van der Waals surface area (Å²) in [5.41, 5.74) is 1.01. The lowest BCUT2D eigenvalue weighted by molar-refractivity contribution is -0.130. The first kappa shape index (κ1) is 23.8. The minimum absolute atomic E-state index is 0.0285. The Morgan fingerprint density at radius 1 is 1.21 bits per heavy atom. The molecular weight excluding hydrogens is 356 g/mol. The van der Waals surface area contributed by atoms with Gasteiger partial charge in [-0.1, -0.05) is 26.0 Å². The van der Waals surface area contributed by atoms with Crippen LogP contribution in [0, 0.1) is 5.92 Å². The van der Waals surface area contributed by atoms with Crippen LogP contribution < -0.4 is 15.4 Å². The predicted molar refractivity (Wildman–Crippen MR) is 114 cm³/mol. The second-order valence-electron chi connectivity index (χ2n) is 7.14. The Labute approximate surface area is 169 Å². The highest BCUT2D eigenvalue weighted by Crippen LogP contribution is 2.14. The highest BCUT2D eigenvalue weighted by Gasteiger charge is 2.05. The standard InChI is InChI=1S/C21H36N4O3/c1-6-22-21(23-11-13-27-12-10-17(2)3)24-15-18-8-7-9-19(14-18)28-16-20(26)25(4)5/h7-9,14,17H,6,10-13,15-16H2,1-5H3,(H2,22,23,24). The Morgan fingerprint density at radius 2 is 2.00 bits per heavy atom. The summed E-state index contributed by atoms with van der Waals surface area (Å²) in [5.74, 6) is 2.01. The van der Waals surface area contributed by atoms with Gasteiger partial charge >= 0.3 is 0 Å². The number of carbonyl (C=O) groups is 1. The summed E-state index contributed by atoms with van der Waals surface area (Å²) in [4.78, 5) is 17.8. The number of aliphatic imine (C=N–C) groups is 1. The number of hydrogen-bond donors (Lipinski definition) is 2. The molecule has 0 aliphatic rings. The third-order valence-electron chi connectivity index (χ3n) is 3.90. The summed E-state index contributed by atoms with van der Waals surface area (Å²) in [6.45, 7) is 9.90. The zero-order chi connectivity index (χ0) is 20.8. The molecule has 28 heavy (non-hydrogen) atoms. The number of guanidine groups is 1. The minimum Gasteiger partial charge on any atom is -0.484 e. The molecule has 2 N–H and O–H groups in total. The van der Waals surface area contributed by atoms with Gasteiger partial charge in [-0.25, -0.2) is 4.99 Å². The van der Waals surface area contributed by atoms with E-state index in [1.54, 1.807) is 14.1 Å². The van der Waals surface area contributed by atoms with Gasteiger partial charge < -0.3 is 25.0 Å². The van der Waals surface area contributed by atoms with E-state index in [9.17, 15) is 4.79 Å². The molecule has 0 aromatic heterocycles. The molecule has 1 aromatic carbocycles. The Morgan fingerprint density at radius 3 is 2.68 bits per heavy atom. The number of amides is 1. The number of hydrogen-bond acceptors (Lipinski definition) is 4. The fourth-order valence-corrected chi connectivity index (χ4v) is 2.18. The Balaban J connectivity index is 2.48. The van der Waals surface area contributed by atoms with Crippen LogP contribution in [-0.4, -0.2) is 63.8 Å². The minimum atomic E-state index is -0.0716. The van der Waals surface area contributed by atoms with Gasteiger partial charge in [0.05, 0.1) is 13.2 Å². The lowest BCUT2D eigenvalue weighted by atomic mass is 10.1. The zero-order valence-electron chi connectivity index (χ0n) is 18.0. The highest BCUT2D eigenvalue weighted by molar-refractivity contribution is 5.79. The molecule has 0 spiro atoms. The van der Waals surface area contributed by atoms with Crippen molar-refractivity contribution in [3.63, 3.8) is 0 Å². The van der Waals surface area contributed by atoms with E-state index in [4.69, 9.17) is 9.47 Å². The van der Waals surface area contributed by atoms with Gasteiger partial charge in [-0.3, -0.25) is 4.79 Å². The van der Waals surface area contributed by atoms with Crippen LogP contribution in [-0.2, 0) is 16.1 Å². The number of likely N-dealkylation sites (N-methyl/N-ethyl adjacent to an activating group) is 1. The maximum Gasteiger partial charge on any atom is 0.259 e. The summed E-state index contributed by atoms with van der Waals surface area (Å²) in [6.07, 6.45) is 1.08. The summed E-state index contributed by atoms with van der Waals surface area (Å²) >= 11 is 0. The van der Waals surface area contributed by atoms with Gasteiger partial charge in [0.1, 0.15) is 5.75 Å². The fourth-order valence-electron chi connectivity index (χ4n) is 2.18. The van der Waals surface area contributed by atoms with Crippen LogP contribution >= 0.6 is 0 Å². The van der Waals surface area contributed by atoms with Crippen LogP contribution in [0.2, 0.25) is 0 Å². The summed E-state index contributed by atoms with van der Waals surface area (Å²) in [7, 11) is 3.42. The number of nitrogens with one attached hydrogen (secondary N) is 2. The number of benzene rings is 1. The molecule has 0 bridgehead atoms. The Bertz CT molecular complexity index is 603. The second kappa shape index (κ2) is 13.8. The number of carbonyl (C=O) groups excluding carboxylic acids is 1. The molecule has 1 amide bonds. The maximum absolute atomic E-state index is 11.6. The van der Waals surface area contributed by atoms with E-state index in [0.29, 0.717) is 31.4 Å². The quantitative estimate of drug-likeness (QED) is 0.324. The van der Waals surface area contributed by atoms with Crippen LogP contribution in [0.1, 0.15) is 32.8 Å². The SMILES string of the molecule is CCNC(=NCc1cccc(OCC(=O)N(C)C)c1)NCCOCCC(C)C. The molecule has 0 saturated heterocycles. The molecule has 7 heteroatoms. The summed E-state index contributed by atoms with van der Waals surface area (Å²) in [6, 6.07) is 7.64. The van der Waals surface area contributed by atoms with Crippen molar-refractivity contribution >= 4 is 11.9 Å². The fraction of sp³-hybridized carbons (Fsp3) is 0.619. The molecule has 0 radical (unpaired) electrons. The zero-order valence-corrected chi connectivity index (χ0v) is 18.0. The average Bonchev–Trinajstić information content (AvgIpc) is 2.66. The van der Waals surface area contributed by atoms with Crippen LogP contribution in [0.3, 0.4) is 0 Å². The third-order valence-corrected chi connectivity index (χ3v) is 3.90. The molecular formula is C21H36N4O3. The van der Waals surface area contributed by atoms with Crippen molar-refractivity contribution in [1.82, 2.24) is 15.5 Å². The molecule has 0 aliphatic carbocycles. The molecule has 0 aliphatic heterocycles. The van der Waals surface area contributed by atoms with Gasteiger partial charge in [-0.15, -0.1) is 0 Å². The molecule has 0 fully saturated rings. The lowest BCUT2D eigenvalue weighted by Crippen LogP contribution is -2.39. The first-order valence-electron chi connectivity index (χ1n) is 9.94. The lowest BCUT2D eigenvalue weighted by Gasteiger charge is -2.13. The van der Waals surface area contributed by atoms with Gasteiger partial charge in [0.2, 0.25) is 0 Å². The van der Waals surface area contributed by atoms with E-state index in [1.807, 2.05) is 31.2 Å². The molecule has 0 saturated carbocycles. The topological polar surface area (TPSA) is 75.2 Å². The van der Waals surface area contributed by atoms with Gasteiger partial charge in [0, 0.05) is 33.8 Å². The summed E-state index contributed by atoms with van der Waals surface area (Å²) in [5, 5.41) is 6.51. The monoisotopic (exact) mass is 392 g/mol. The van der Waals surface area contributed by atoms with E-state index < -0.39 is 0 Å². The molecule has 7 nitrogen and oxygen atoms in total. The van der Waals surface area contributed by atoms with Gasteiger partial charge in [0.25, 0.3) is 5.91 Å². The predicted octanol–water partition coefficient (Wildman–Crippen LogP) is 2.27. The van der Waals surface area contributed by atoms with Crippen molar-refractivity contribution < 1.29 is 14.3 Å². The van der Waals surface area contributed by atoms with Crippen LogP contribution in [0.5, 0.6) is 5.75 Å². The van der Waals surface area contributed by atoms with Gasteiger partial charge in [0.15, 0.2) is 12.6 Å². The smallest absolute Gasteiger partial charge is 0.259 e. The van der Waals surface area contributed by atoms with Crippen LogP contribution in [0.15, 0.2) is 29.3 Å². The average molecular weight is 393 g/mol. The largest absolute Gasteiger partial charge is 0.484 e. The first-order valence-corrected chi connectivity index (χ1v) is 9.94. The van der Waals surface area contributed by atoms with Crippen molar-refractivity contribution in [2.24, 2.45) is 10.9 Å². The first-order chi connectivity index (χ1) is 13.4. The number of rotatable bonds is 12. The van der Waals surface area contributed by atoms with E-state index in [-0.39, 0.29) is 12.5 Å². The van der Waals surface area contributed by atoms with Crippen molar-refractivity contribution in [2.45, 2.75) is 33.7 Å². The third kappa shape index (κ3) is 10.8. The number of nitrogens with zero attached hydrogens (tertiary/aromatic N) is 2. The molecule has 0 heterocycles. The van der Waals surface area contributed by atoms with Crippen molar-refractivity contribution in [3.8, 4) is 5.75 Å². The van der Waals surface area contributed by atoms with E-state index >= 15 is 0 Å². The Kier molecular flexibility index (Phi) is 11.7. The summed E-state index contributed by atoms with van der Waals surface area (Å²) < 4.78 is 11.2. The molecule has 158 valence electrons. The maximum atomic E-state index is 11.6. The second-order valence-corrected chi connectivity index (χ2v) is 7.14. The van der Waals surface area contributed by atoms with Crippen LogP contribution in [0.4, 0.5) is 0 Å². The normalized spacial score (nSPS) is 11.4. The molecule has 1 rings (SSSR count). The van der Waals surface area contributed by atoms with E-state index in [1.165, 1.54) is 4.90 Å². The number of ether oxygens (including phenoxy) is 2. The van der Waals surface area contributed by atoms with Gasteiger partial charge in [-0.2, -0.15) is 0 Å².